The maximum Gasteiger partial charge on any atom is 0.508 e. The van der Waals surface area contributed by atoms with Gasteiger partial charge >= 0.3 is 17.8 Å². The van der Waals surface area contributed by atoms with Crippen molar-refractivity contribution >= 4 is 12.1 Å². The summed E-state index contributed by atoms with van der Waals surface area (Å²) in [4.78, 5) is 49.5. The summed E-state index contributed by atoms with van der Waals surface area (Å²) in [7, 11) is 0. The molecule has 2 aromatic rings. The second-order valence-corrected chi connectivity index (χ2v) is 7.06. The third-order valence-electron chi connectivity index (χ3n) is 4.92. The number of nitrogens with one attached hydrogen (secondary N) is 1. The molecule has 0 saturated carbocycles. The van der Waals surface area contributed by atoms with Crippen LogP contribution in [0.2, 0.25) is 0 Å². The summed E-state index contributed by atoms with van der Waals surface area (Å²) in [5.74, 6) is -1.12. The van der Waals surface area contributed by atoms with E-state index in [1.807, 2.05) is 37.3 Å². The Labute approximate surface area is 177 Å². The summed E-state index contributed by atoms with van der Waals surface area (Å²) in [6.07, 6.45) is -1.44. The Hall–Kier alpha value is -3.40. The Morgan fingerprint density at radius 1 is 1.13 bits per heavy atom. The average Bonchev–Trinajstić information content (AvgIpc) is 3.08. The lowest BCUT2D eigenvalue weighted by atomic mass is 9.97. The van der Waals surface area contributed by atoms with Crippen LogP contribution in [0, 0.1) is 5.92 Å². The number of carbonyl (C=O) groups excluding carboxylic acids is 2. The van der Waals surface area contributed by atoms with Crippen molar-refractivity contribution in [2.45, 2.75) is 45.3 Å². The highest BCUT2D eigenvalue weighted by atomic mass is 16.7. The van der Waals surface area contributed by atoms with E-state index in [4.69, 9.17) is 18.9 Å². The summed E-state index contributed by atoms with van der Waals surface area (Å²) in [5.41, 5.74) is -0.449. The first-order valence-electron chi connectivity index (χ1n) is 9.86. The molecule has 10 nitrogen and oxygen atoms in total. The van der Waals surface area contributed by atoms with Gasteiger partial charge in [-0.3, -0.25) is 19.1 Å². The van der Waals surface area contributed by atoms with E-state index in [-0.39, 0.29) is 13.2 Å². The first-order valence-corrected chi connectivity index (χ1v) is 9.86. The van der Waals surface area contributed by atoms with E-state index in [1.54, 1.807) is 0 Å². The van der Waals surface area contributed by atoms with Crippen molar-refractivity contribution in [3.63, 3.8) is 0 Å². The lowest BCUT2D eigenvalue weighted by Crippen LogP contribution is -2.39. The molecule has 1 fully saturated rings. The number of aromatic nitrogens is 2. The molecule has 10 heteroatoms. The van der Waals surface area contributed by atoms with E-state index in [0.717, 1.165) is 10.1 Å². The molecule has 1 aromatic carbocycles. The summed E-state index contributed by atoms with van der Waals surface area (Å²) < 4.78 is 22.9. The molecule has 1 saturated heterocycles. The minimum absolute atomic E-state index is 0.0564. The number of rotatable bonds is 7. The van der Waals surface area contributed by atoms with Crippen LogP contribution in [0.5, 0.6) is 0 Å². The van der Waals surface area contributed by atoms with Crippen molar-refractivity contribution in [3.8, 4) is 0 Å². The van der Waals surface area contributed by atoms with Crippen LogP contribution >= 0.6 is 0 Å². The molecule has 0 bridgehead atoms. The van der Waals surface area contributed by atoms with Gasteiger partial charge in [0.1, 0.15) is 13.2 Å². The average molecular weight is 432 g/mol. The number of benzene rings is 1. The minimum atomic E-state index is -0.980. The zero-order valence-electron chi connectivity index (χ0n) is 17.2. The van der Waals surface area contributed by atoms with Crippen molar-refractivity contribution < 1.29 is 28.5 Å². The Kier molecular flexibility index (Phi) is 7.24. The van der Waals surface area contributed by atoms with E-state index in [0.29, 0.717) is 6.42 Å². The number of ether oxygens (including phenoxy) is 4. The Bertz CT molecular complexity index is 1020. The molecule has 1 aliphatic rings. The van der Waals surface area contributed by atoms with E-state index in [9.17, 15) is 19.2 Å². The molecule has 31 heavy (non-hydrogen) atoms. The quantitative estimate of drug-likeness (QED) is 0.656. The van der Waals surface area contributed by atoms with Gasteiger partial charge in [0, 0.05) is 19.2 Å². The molecule has 2 heterocycles. The third kappa shape index (κ3) is 5.60. The smallest absolute Gasteiger partial charge is 0.457 e. The van der Waals surface area contributed by atoms with Gasteiger partial charge in [-0.1, -0.05) is 37.3 Å². The van der Waals surface area contributed by atoms with E-state index in [2.05, 4.69) is 4.98 Å². The predicted molar refractivity (Wildman–Crippen MR) is 107 cm³/mol. The van der Waals surface area contributed by atoms with Gasteiger partial charge in [0.25, 0.3) is 5.56 Å². The summed E-state index contributed by atoms with van der Waals surface area (Å²) in [6.45, 7) is 3.01. The first-order chi connectivity index (χ1) is 14.9. The molecule has 0 aliphatic carbocycles. The van der Waals surface area contributed by atoms with Gasteiger partial charge in [0.2, 0.25) is 0 Å². The Morgan fingerprint density at radius 2 is 1.87 bits per heavy atom. The molecular formula is C21H24N2O8. The lowest BCUT2D eigenvalue weighted by molar-refractivity contribution is -0.154. The zero-order valence-corrected chi connectivity index (χ0v) is 17.2. The summed E-state index contributed by atoms with van der Waals surface area (Å²) in [6, 6.07) is 10.3. The van der Waals surface area contributed by atoms with Crippen molar-refractivity contribution in [1.29, 1.82) is 0 Å². The monoisotopic (exact) mass is 432 g/mol. The Morgan fingerprint density at radius 3 is 2.52 bits per heavy atom. The lowest BCUT2D eigenvalue weighted by Gasteiger charge is -2.23. The maximum atomic E-state index is 12.2. The van der Waals surface area contributed by atoms with Gasteiger partial charge in [-0.15, -0.1) is 0 Å². The molecule has 0 spiro atoms. The van der Waals surface area contributed by atoms with E-state index >= 15 is 0 Å². The minimum Gasteiger partial charge on any atom is -0.457 e. The maximum absolute atomic E-state index is 12.2. The Balaban J connectivity index is 1.71. The van der Waals surface area contributed by atoms with Crippen molar-refractivity contribution in [2.24, 2.45) is 5.92 Å². The fourth-order valence-electron chi connectivity index (χ4n) is 3.49. The molecule has 0 radical (unpaired) electrons. The molecule has 1 aromatic heterocycles. The number of hydrogen-bond acceptors (Lipinski definition) is 8. The molecule has 3 rings (SSSR count). The van der Waals surface area contributed by atoms with Crippen LogP contribution in [-0.2, 0) is 30.3 Å². The van der Waals surface area contributed by atoms with Crippen LogP contribution in [0.1, 0.15) is 32.1 Å². The highest BCUT2D eigenvalue weighted by molar-refractivity contribution is 5.66. The van der Waals surface area contributed by atoms with Crippen LogP contribution in [-0.4, -0.2) is 40.5 Å². The van der Waals surface area contributed by atoms with Crippen molar-refractivity contribution in [1.82, 2.24) is 9.55 Å². The largest absolute Gasteiger partial charge is 0.508 e. The summed E-state index contributed by atoms with van der Waals surface area (Å²) in [5, 5.41) is 0. The third-order valence-corrected chi connectivity index (χ3v) is 4.92. The molecule has 1 aliphatic heterocycles. The SMILES string of the molecule is CC[C@H]1O[C@@H](n2ccc(=O)[nH]c2=O)[C@H](OC(C)=O)[C@@H]1COC(=O)OCc1ccccc1. The highest BCUT2D eigenvalue weighted by Crippen LogP contribution is 2.37. The molecule has 1 N–H and O–H groups in total. The van der Waals surface area contributed by atoms with Crippen LogP contribution in [0.3, 0.4) is 0 Å². The number of H-pyrrole nitrogens is 1. The van der Waals surface area contributed by atoms with Gasteiger partial charge in [0.05, 0.1) is 12.0 Å². The number of esters is 1. The molecule has 166 valence electrons. The van der Waals surface area contributed by atoms with Gasteiger partial charge in [-0.2, -0.15) is 0 Å². The fraction of sp³-hybridized carbons (Fsp3) is 0.429. The van der Waals surface area contributed by atoms with Crippen LogP contribution in [0.15, 0.2) is 52.2 Å². The molecular weight excluding hydrogens is 408 g/mol. The standard InChI is InChI=1S/C21H24N2O8/c1-3-16-15(12-29-21(27)28-11-14-7-5-4-6-8-14)18(30-13(2)24)19(31-16)23-10-9-17(25)22-20(23)26/h4-10,15-16,18-19H,3,11-12H2,1-2H3,(H,22,25,26)/t15-,16-,18-,19-/m1/s1. The number of hydrogen-bond donors (Lipinski definition) is 1. The van der Waals surface area contributed by atoms with Gasteiger partial charge in [-0.25, -0.2) is 9.59 Å². The molecule has 4 atom stereocenters. The van der Waals surface area contributed by atoms with Gasteiger partial charge < -0.3 is 18.9 Å². The van der Waals surface area contributed by atoms with Crippen molar-refractivity contribution in [3.05, 3.63) is 69.0 Å². The summed E-state index contributed by atoms with van der Waals surface area (Å²) >= 11 is 0. The van der Waals surface area contributed by atoms with Crippen molar-refractivity contribution in [2.75, 3.05) is 6.61 Å². The van der Waals surface area contributed by atoms with E-state index in [1.165, 1.54) is 19.2 Å². The molecule has 0 unspecified atom stereocenters. The second-order valence-electron chi connectivity index (χ2n) is 7.06. The molecule has 0 amide bonds. The van der Waals surface area contributed by atoms with Crippen LogP contribution in [0.25, 0.3) is 0 Å². The number of nitrogens with zero attached hydrogens (tertiary/aromatic N) is 1. The zero-order chi connectivity index (χ0) is 22.4. The number of aromatic amines is 1. The first kappa shape index (κ1) is 22.3. The van der Waals surface area contributed by atoms with E-state index < -0.39 is 47.7 Å². The normalized spacial score (nSPS) is 22.6. The van der Waals surface area contributed by atoms with Gasteiger partial charge in [0.15, 0.2) is 12.3 Å². The van der Waals surface area contributed by atoms with Gasteiger partial charge in [-0.05, 0) is 12.0 Å². The second kappa shape index (κ2) is 10.1. The van der Waals surface area contributed by atoms with Crippen LogP contribution in [0.4, 0.5) is 4.79 Å². The fourth-order valence-corrected chi connectivity index (χ4v) is 3.49. The van der Waals surface area contributed by atoms with Crippen LogP contribution < -0.4 is 11.2 Å². The highest BCUT2D eigenvalue weighted by Gasteiger charge is 2.48. The number of carbonyl (C=O) groups is 2. The predicted octanol–water partition coefficient (Wildman–Crippen LogP) is 1.75. The topological polar surface area (TPSA) is 126 Å².